The second-order valence-corrected chi connectivity index (χ2v) is 5.43. The summed E-state index contributed by atoms with van der Waals surface area (Å²) < 4.78 is 5.27. The average Bonchev–Trinajstić information content (AvgIpc) is 2.50. The molecule has 2 aromatic carbocycles. The van der Waals surface area contributed by atoms with Gasteiger partial charge in [-0.15, -0.1) is 0 Å². The van der Waals surface area contributed by atoms with Crippen LogP contribution in [0.25, 0.3) is 0 Å². The summed E-state index contributed by atoms with van der Waals surface area (Å²) in [6, 6.07) is 11.2. The van der Waals surface area contributed by atoms with Gasteiger partial charge in [-0.1, -0.05) is 23.7 Å². The molecule has 0 saturated heterocycles. The van der Waals surface area contributed by atoms with Crippen LogP contribution in [0.2, 0.25) is 5.02 Å². The van der Waals surface area contributed by atoms with Crippen LogP contribution in [-0.2, 0) is 4.79 Å². The number of nitrogens with one attached hydrogen (secondary N) is 2. The Morgan fingerprint density at radius 1 is 1.18 bits per heavy atom. The van der Waals surface area contributed by atoms with Gasteiger partial charge >= 0.3 is 0 Å². The van der Waals surface area contributed by atoms with Gasteiger partial charge in [0.05, 0.1) is 19.3 Å². The summed E-state index contributed by atoms with van der Waals surface area (Å²) in [5.41, 5.74) is 3.45. The van der Waals surface area contributed by atoms with Crippen molar-refractivity contribution < 1.29 is 9.53 Å². The van der Waals surface area contributed by atoms with Gasteiger partial charge in [0.1, 0.15) is 5.75 Å². The van der Waals surface area contributed by atoms with Gasteiger partial charge in [0.25, 0.3) is 0 Å². The van der Waals surface area contributed by atoms with Gasteiger partial charge in [0.15, 0.2) is 0 Å². The third-order valence-corrected chi connectivity index (χ3v) is 3.75. The molecule has 116 valence electrons. The number of methoxy groups -OCH3 is 1. The van der Waals surface area contributed by atoms with Crippen molar-refractivity contribution in [2.75, 3.05) is 24.3 Å². The molecule has 1 amide bonds. The molecule has 0 aliphatic heterocycles. The maximum atomic E-state index is 12.1. The standard InChI is InChI=1S/C17H19ClN2O2/c1-11-7-8-16(22-3)15(9-11)19-10-17(21)20-14-6-4-5-13(18)12(14)2/h4-9,19H,10H2,1-3H3,(H,20,21). The van der Waals surface area contributed by atoms with Crippen LogP contribution in [-0.4, -0.2) is 19.6 Å². The van der Waals surface area contributed by atoms with Crippen molar-refractivity contribution in [3.63, 3.8) is 0 Å². The van der Waals surface area contributed by atoms with E-state index in [4.69, 9.17) is 16.3 Å². The van der Waals surface area contributed by atoms with Crippen molar-refractivity contribution >= 4 is 28.9 Å². The fourth-order valence-corrected chi connectivity index (χ4v) is 2.25. The lowest BCUT2D eigenvalue weighted by Crippen LogP contribution is -2.22. The third kappa shape index (κ3) is 3.92. The topological polar surface area (TPSA) is 50.4 Å². The van der Waals surface area contributed by atoms with E-state index in [0.29, 0.717) is 10.8 Å². The molecule has 22 heavy (non-hydrogen) atoms. The normalized spacial score (nSPS) is 10.2. The van der Waals surface area contributed by atoms with E-state index in [1.165, 1.54) is 0 Å². The van der Waals surface area contributed by atoms with E-state index in [9.17, 15) is 4.79 Å². The van der Waals surface area contributed by atoms with E-state index >= 15 is 0 Å². The average molecular weight is 319 g/mol. The molecule has 2 rings (SSSR count). The molecule has 0 aromatic heterocycles. The van der Waals surface area contributed by atoms with Crippen LogP contribution in [0.15, 0.2) is 36.4 Å². The molecule has 0 spiro atoms. The lowest BCUT2D eigenvalue weighted by molar-refractivity contribution is -0.114. The van der Waals surface area contributed by atoms with Gasteiger partial charge < -0.3 is 15.4 Å². The number of ether oxygens (including phenoxy) is 1. The summed E-state index contributed by atoms with van der Waals surface area (Å²) in [5, 5.41) is 6.57. The van der Waals surface area contributed by atoms with E-state index in [1.807, 2.05) is 44.2 Å². The molecular formula is C17H19ClN2O2. The Morgan fingerprint density at radius 2 is 1.95 bits per heavy atom. The molecule has 2 N–H and O–H groups in total. The number of carbonyl (C=O) groups is 1. The minimum absolute atomic E-state index is 0.145. The molecule has 0 aliphatic carbocycles. The minimum Gasteiger partial charge on any atom is -0.495 e. The van der Waals surface area contributed by atoms with E-state index in [0.717, 1.165) is 22.5 Å². The van der Waals surface area contributed by atoms with E-state index in [1.54, 1.807) is 13.2 Å². The first-order chi connectivity index (χ1) is 10.5. The maximum absolute atomic E-state index is 12.1. The first-order valence-corrected chi connectivity index (χ1v) is 7.32. The van der Waals surface area contributed by atoms with Crippen LogP contribution in [0.4, 0.5) is 11.4 Å². The Balaban J connectivity index is 2.01. The summed E-state index contributed by atoms with van der Waals surface area (Å²) in [6.07, 6.45) is 0. The Labute approximate surface area is 135 Å². The smallest absolute Gasteiger partial charge is 0.243 e. The van der Waals surface area contributed by atoms with Crippen LogP contribution in [0, 0.1) is 13.8 Å². The van der Waals surface area contributed by atoms with Gasteiger partial charge in [0, 0.05) is 10.7 Å². The quantitative estimate of drug-likeness (QED) is 0.875. The fraction of sp³-hybridized carbons (Fsp3) is 0.235. The zero-order valence-electron chi connectivity index (χ0n) is 12.9. The van der Waals surface area contributed by atoms with Gasteiger partial charge in [0.2, 0.25) is 5.91 Å². The van der Waals surface area contributed by atoms with Crippen LogP contribution in [0.3, 0.4) is 0 Å². The highest BCUT2D eigenvalue weighted by atomic mass is 35.5. The summed E-state index contributed by atoms with van der Waals surface area (Å²) in [4.78, 5) is 12.1. The number of hydrogen-bond acceptors (Lipinski definition) is 3. The molecule has 5 heteroatoms. The zero-order chi connectivity index (χ0) is 16.1. The van der Waals surface area contributed by atoms with Crippen LogP contribution < -0.4 is 15.4 Å². The number of anilines is 2. The highest BCUT2D eigenvalue weighted by molar-refractivity contribution is 6.31. The molecule has 0 fully saturated rings. The molecular weight excluding hydrogens is 300 g/mol. The van der Waals surface area contributed by atoms with Gasteiger partial charge in [-0.3, -0.25) is 4.79 Å². The summed E-state index contributed by atoms with van der Waals surface area (Å²) in [5.74, 6) is 0.561. The number of benzene rings is 2. The minimum atomic E-state index is -0.145. The van der Waals surface area contributed by atoms with Crippen molar-refractivity contribution in [1.29, 1.82) is 0 Å². The van der Waals surface area contributed by atoms with Gasteiger partial charge in [-0.05, 0) is 49.2 Å². The highest BCUT2D eigenvalue weighted by Crippen LogP contribution is 2.25. The molecule has 0 unspecified atom stereocenters. The SMILES string of the molecule is COc1ccc(C)cc1NCC(=O)Nc1cccc(Cl)c1C. The summed E-state index contributed by atoms with van der Waals surface area (Å²) >= 11 is 6.04. The Hall–Kier alpha value is -2.20. The fourth-order valence-electron chi connectivity index (χ4n) is 2.07. The Kier molecular flexibility index (Phi) is 5.28. The van der Waals surface area contributed by atoms with Crippen LogP contribution >= 0.6 is 11.6 Å². The largest absolute Gasteiger partial charge is 0.495 e. The lowest BCUT2D eigenvalue weighted by Gasteiger charge is -2.13. The van der Waals surface area contributed by atoms with Crippen LogP contribution in [0.5, 0.6) is 5.75 Å². The molecule has 0 aliphatic rings. The van der Waals surface area contributed by atoms with E-state index < -0.39 is 0 Å². The van der Waals surface area contributed by atoms with Crippen molar-refractivity contribution in [3.05, 3.63) is 52.5 Å². The molecule has 4 nitrogen and oxygen atoms in total. The number of carbonyl (C=O) groups excluding carboxylic acids is 1. The first kappa shape index (κ1) is 16.2. The van der Waals surface area contributed by atoms with Crippen molar-refractivity contribution in [2.45, 2.75) is 13.8 Å². The van der Waals surface area contributed by atoms with E-state index in [2.05, 4.69) is 10.6 Å². The molecule has 0 heterocycles. The lowest BCUT2D eigenvalue weighted by atomic mass is 10.2. The molecule has 2 aromatic rings. The van der Waals surface area contributed by atoms with Crippen LogP contribution in [0.1, 0.15) is 11.1 Å². The number of amides is 1. The predicted octanol–water partition coefficient (Wildman–Crippen LogP) is 4.02. The Morgan fingerprint density at radius 3 is 2.68 bits per heavy atom. The monoisotopic (exact) mass is 318 g/mol. The first-order valence-electron chi connectivity index (χ1n) is 6.94. The molecule has 0 saturated carbocycles. The Bertz CT molecular complexity index is 686. The third-order valence-electron chi connectivity index (χ3n) is 3.34. The van der Waals surface area contributed by atoms with Crippen molar-refractivity contribution in [2.24, 2.45) is 0 Å². The molecule has 0 bridgehead atoms. The van der Waals surface area contributed by atoms with Gasteiger partial charge in [-0.2, -0.15) is 0 Å². The van der Waals surface area contributed by atoms with Gasteiger partial charge in [-0.25, -0.2) is 0 Å². The number of aryl methyl sites for hydroxylation is 1. The van der Waals surface area contributed by atoms with Crippen molar-refractivity contribution in [3.8, 4) is 5.75 Å². The predicted molar refractivity (Wildman–Crippen MR) is 91.0 cm³/mol. The summed E-state index contributed by atoms with van der Waals surface area (Å²) in [6.45, 7) is 4.00. The highest BCUT2D eigenvalue weighted by Gasteiger charge is 2.08. The number of hydrogen-bond donors (Lipinski definition) is 2. The second-order valence-electron chi connectivity index (χ2n) is 5.02. The van der Waals surface area contributed by atoms with E-state index in [-0.39, 0.29) is 12.5 Å². The second kappa shape index (κ2) is 7.18. The number of halogens is 1. The summed E-state index contributed by atoms with van der Waals surface area (Å²) in [7, 11) is 1.60. The zero-order valence-corrected chi connectivity index (χ0v) is 13.6. The molecule has 0 radical (unpaired) electrons. The maximum Gasteiger partial charge on any atom is 0.243 e. The number of rotatable bonds is 5. The van der Waals surface area contributed by atoms with Crippen molar-refractivity contribution in [1.82, 2.24) is 0 Å². The molecule has 0 atom stereocenters.